The monoisotopic (exact) mass is 514 g/mol. The SMILES string of the molecule is COc1ccc(CCN2C(=O)c3oc4ccccc4c(=O)c3C2c2ccc(OCC(N)=O)cc2)cc1OC. The number of methoxy groups -OCH3 is 2. The second-order valence-electron chi connectivity index (χ2n) is 8.83. The fourth-order valence-electron chi connectivity index (χ4n) is 4.73. The fourth-order valence-corrected chi connectivity index (χ4v) is 4.73. The van der Waals surface area contributed by atoms with E-state index in [1.165, 1.54) is 0 Å². The number of nitrogens with zero attached hydrogens (tertiary/aromatic N) is 1. The largest absolute Gasteiger partial charge is 0.493 e. The third-order valence-corrected chi connectivity index (χ3v) is 6.54. The average Bonchev–Trinajstić information content (AvgIpc) is 3.22. The molecule has 4 aromatic rings. The lowest BCUT2D eigenvalue weighted by atomic mass is 9.98. The molecule has 1 aliphatic heterocycles. The maximum absolute atomic E-state index is 13.6. The summed E-state index contributed by atoms with van der Waals surface area (Å²) in [7, 11) is 3.14. The lowest BCUT2D eigenvalue weighted by molar-refractivity contribution is -0.119. The number of carbonyl (C=O) groups excluding carboxylic acids is 2. The molecular formula is C29H26N2O7. The Labute approximate surface area is 218 Å². The van der Waals surface area contributed by atoms with Gasteiger partial charge in [-0.3, -0.25) is 14.4 Å². The standard InChI is InChI=1S/C29H26N2O7/c1-35-22-12-7-17(15-23(22)36-2)13-14-31-26(18-8-10-19(11-9-18)37-16-24(30)32)25-27(33)20-5-3-4-6-21(20)38-28(25)29(31)34/h3-12,15,26H,13-14,16H2,1-2H3,(H2,30,32). The molecule has 2 N–H and O–H groups in total. The molecule has 0 fully saturated rings. The van der Waals surface area contributed by atoms with E-state index >= 15 is 0 Å². The van der Waals surface area contributed by atoms with Crippen molar-refractivity contribution in [2.45, 2.75) is 12.5 Å². The topological polar surface area (TPSA) is 121 Å². The Hall–Kier alpha value is -4.79. The van der Waals surface area contributed by atoms with Gasteiger partial charge < -0.3 is 29.3 Å². The van der Waals surface area contributed by atoms with Gasteiger partial charge in [-0.1, -0.05) is 30.3 Å². The molecule has 2 heterocycles. The molecule has 9 heteroatoms. The molecule has 9 nitrogen and oxygen atoms in total. The first-order valence-corrected chi connectivity index (χ1v) is 12.0. The number of hydrogen-bond acceptors (Lipinski definition) is 7. The van der Waals surface area contributed by atoms with Crippen LogP contribution in [0.3, 0.4) is 0 Å². The van der Waals surface area contributed by atoms with Crippen molar-refractivity contribution >= 4 is 22.8 Å². The van der Waals surface area contributed by atoms with Crippen LogP contribution in [0.5, 0.6) is 17.2 Å². The predicted octanol–water partition coefficient (Wildman–Crippen LogP) is 3.46. The summed E-state index contributed by atoms with van der Waals surface area (Å²) in [6.07, 6.45) is 0.504. The van der Waals surface area contributed by atoms with Gasteiger partial charge in [0.05, 0.1) is 31.2 Å². The molecule has 0 spiro atoms. The minimum Gasteiger partial charge on any atom is -0.493 e. The van der Waals surface area contributed by atoms with E-state index in [1.807, 2.05) is 18.2 Å². The Balaban J connectivity index is 1.53. The lowest BCUT2D eigenvalue weighted by Gasteiger charge is -2.25. The first-order chi connectivity index (χ1) is 18.4. The normalized spacial score (nSPS) is 14.4. The maximum atomic E-state index is 13.6. The summed E-state index contributed by atoms with van der Waals surface area (Å²) in [4.78, 5) is 40.0. The second-order valence-corrected chi connectivity index (χ2v) is 8.83. The van der Waals surface area contributed by atoms with Crippen LogP contribution in [-0.2, 0) is 11.2 Å². The van der Waals surface area contributed by atoms with Gasteiger partial charge in [-0.2, -0.15) is 0 Å². The van der Waals surface area contributed by atoms with Crippen molar-refractivity contribution in [2.24, 2.45) is 5.73 Å². The van der Waals surface area contributed by atoms with Crippen molar-refractivity contribution in [3.05, 3.63) is 99.4 Å². The van der Waals surface area contributed by atoms with Crippen molar-refractivity contribution in [3.63, 3.8) is 0 Å². The third kappa shape index (κ3) is 4.54. The molecule has 1 aliphatic rings. The number of para-hydroxylation sites is 1. The second kappa shape index (κ2) is 10.3. The third-order valence-electron chi connectivity index (χ3n) is 6.54. The van der Waals surface area contributed by atoms with Crippen molar-refractivity contribution in [1.29, 1.82) is 0 Å². The smallest absolute Gasteiger partial charge is 0.290 e. The van der Waals surface area contributed by atoms with E-state index in [0.717, 1.165) is 5.56 Å². The lowest BCUT2D eigenvalue weighted by Crippen LogP contribution is -2.31. The highest BCUT2D eigenvalue weighted by Gasteiger charge is 2.42. The molecule has 3 aromatic carbocycles. The molecule has 0 saturated heterocycles. The van der Waals surface area contributed by atoms with Crippen molar-refractivity contribution in [1.82, 2.24) is 4.90 Å². The van der Waals surface area contributed by atoms with E-state index in [1.54, 1.807) is 67.7 Å². The first kappa shape index (κ1) is 24.9. The minimum atomic E-state index is -0.663. The number of hydrogen-bond donors (Lipinski definition) is 1. The Bertz CT molecular complexity index is 1580. The zero-order chi connectivity index (χ0) is 26.8. The molecule has 0 bridgehead atoms. The van der Waals surface area contributed by atoms with E-state index in [9.17, 15) is 14.4 Å². The summed E-state index contributed by atoms with van der Waals surface area (Å²) < 4.78 is 22.1. The van der Waals surface area contributed by atoms with Gasteiger partial charge in [0.25, 0.3) is 11.8 Å². The zero-order valence-corrected chi connectivity index (χ0v) is 20.9. The van der Waals surface area contributed by atoms with Crippen LogP contribution in [0.4, 0.5) is 0 Å². The number of fused-ring (bicyclic) bond motifs is 2. The molecule has 1 unspecified atom stereocenters. The number of carbonyl (C=O) groups is 2. The summed E-state index contributed by atoms with van der Waals surface area (Å²) in [5.74, 6) is 0.739. The van der Waals surface area contributed by atoms with Crippen LogP contribution in [0, 0.1) is 0 Å². The van der Waals surface area contributed by atoms with E-state index in [-0.39, 0.29) is 23.7 Å². The highest BCUT2D eigenvalue weighted by atomic mass is 16.5. The molecule has 0 aliphatic carbocycles. The Morgan fingerprint density at radius 1 is 0.974 bits per heavy atom. The molecule has 2 amide bonds. The van der Waals surface area contributed by atoms with Crippen molar-refractivity contribution < 1.29 is 28.2 Å². The molecule has 0 saturated carbocycles. The van der Waals surface area contributed by atoms with Gasteiger partial charge >= 0.3 is 0 Å². The quantitative estimate of drug-likeness (QED) is 0.363. The number of nitrogens with two attached hydrogens (primary N) is 1. The van der Waals surface area contributed by atoms with Crippen LogP contribution in [0.1, 0.15) is 33.3 Å². The molecule has 1 aromatic heterocycles. The van der Waals surface area contributed by atoms with E-state index in [2.05, 4.69) is 0 Å². The summed E-state index contributed by atoms with van der Waals surface area (Å²) in [6.45, 7) is 0.0655. The van der Waals surface area contributed by atoms with Crippen LogP contribution in [0.25, 0.3) is 11.0 Å². The number of primary amides is 1. The van der Waals surface area contributed by atoms with Crippen LogP contribution in [0.15, 0.2) is 75.9 Å². The van der Waals surface area contributed by atoms with Gasteiger partial charge in [0.15, 0.2) is 23.5 Å². The molecule has 5 rings (SSSR count). The van der Waals surface area contributed by atoms with Gasteiger partial charge in [-0.05, 0) is 53.9 Å². The first-order valence-electron chi connectivity index (χ1n) is 12.0. The summed E-state index contributed by atoms with van der Waals surface area (Å²) in [6, 6.07) is 18.7. The highest BCUT2D eigenvalue weighted by Crippen LogP contribution is 2.39. The van der Waals surface area contributed by atoms with Crippen molar-refractivity contribution in [2.75, 3.05) is 27.4 Å². The van der Waals surface area contributed by atoms with Gasteiger partial charge in [0.2, 0.25) is 5.76 Å². The highest BCUT2D eigenvalue weighted by molar-refractivity contribution is 5.99. The Morgan fingerprint density at radius 3 is 2.42 bits per heavy atom. The fraction of sp³-hybridized carbons (Fsp3) is 0.207. The molecular weight excluding hydrogens is 488 g/mol. The molecule has 38 heavy (non-hydrogen) atoms. The average molecular weight is 515 g/mol. The van der Waals surface area contributed by atoms with Gasteiger partial charge in [-0.25, -0.2) is 0 Å². The summed E-state index contributed by atoms with van der Waals surface area (Å²) in [5, 5.41) is 0.409. The maximum Gasteiger partial charge on any atom is 0.290 e. The van der Waals surface area contributed by atoms with Crippen LogP contribution in [0.2, 0.25) is 0 Å². The van der Waals surface area contributed by atoms with Crippen LogP contribution >= 0.6 is 0 Å². The Kier molecular flexibility index (Phi) is 6.74. The predicted molar refractivity (Wildman–Crippen MR) is 140 cm³/mol. The Morgan fingerprint density at radius 2 is 1.71 bits per heavy atom. The van der Waals surface area contributed by atoms with Crippen molar-refractivity contribution in [3.8, 4) is 17.2 Å². The summed E-state index contributed by atoms with van der Waals surface area (Å²) >= 11 is 0. The van der Waals surface area contributed by atoms with Gasteiger partial charge in [-0.15, -0.1) is 0 Å². The summed E-state index contributed by atoms with van der Waals surface area (Å²) in [5.41, 5.74) is 7.22. The van der Waals surface area contributed by atoms with E-state index < -0.39 is 11.9 Å². The molecule has 1 atom stereocenters. The van der Waals surface area contributed by atoms with Gasteiger partial charge in [0, 0.05) is 6.54 Å². The van der Waals surface area contributed by atoms with Gasteiger partial charge in [0.1, 0.15) is 11.3 Å². The number of ether oxygens (including phenoxy) is 3. The number of benzene rings is 3. The molecule has 194 valence electrons. The number of amides is 2. The van der Waals surface area contributed by atoms with Crippen LogP contribution in [-0.4, -0.2) is 44.1 Å². The zero-order valence-electron chi connectivity index (χ0n) is 20.9. The van der Waals surface area contributed by atoms with Crippen LogP contribution < -0.4 is 25.4 Å². The minimum absolute atomic E-state index is 0.0417. The number of rotatable bonds is 9. The van der Waals surface area contributed by atoms with E-state index in [4.69, 9.17) is 24.4 Å². The van der Waals surface area contributed by atoms with E-state index in [0.29, 0.717) is 52.3 Å². The molecule has 0 radical (unpaired) electrons.